The summed E-state index contributed by atoms with van der Waals surface area (Å²) in [5.41, 5.74) is 1.07. The van der Waals surface area contributed by atoms with E-state index < -0.39 is 5.60 Å². The van der Waals surface area contributed by atoms with E-state index in [1.807, 2.05) is 37.0 Å². The van der Waals surface area contributed by atoms with Crippen LogP contribution in [-0.4, -0.2) is 29.7 Å². The number of thiophene rings is 1. The highest BCUT2D eigenvalue weighted by atomic mass is 32.1. The predicted octanol–water partition coefficient (Wildman–Crippen LogP) is 3.64. The predicted molar refractivity (Wildman–Crippen MR) is 76.7 cm³/mol. The van der Waals surface area contributed by atoms with Crippen LogP contribution in [0.5, 0.6) is 0 Å². The maximum atomic E-state index is 12.2. The van der Waals surface area contributed by atoms with Crippen molar-refractivity contribution >= 4 is 17.4 Å². The van der Waals surface area contributed by atoms with E-state index in [1.165, 1.54) is 16.9 Å². The van der Waals surface area contributed by atoms with E-state index >= 15 is 0 Å². The number of carbonyl (C=O) groups is 1. The molecule has 2 heterocycles. The lowest BCUT2D eigenvalue weighted by atomic mass is 9.86. The fourth-order valence-corrected chi connectivity index (χ4v) is 4.22. The molecule has 0 saturated carbocycles. The maximum absolute atomic E-state index is 12.2. The number of nitrogens with zero attached hydrogens (tertiary/aromatic N) is 1. The molecular weight excluding hydrogens is 258 g/mol. The van der Waals surface area contributed by atoms with Crippen LogP contribution in [0.4, 0.5) is 4.79 Å². The van der Waals surface area contributed by atoms with Crippen molar-refractivity contribution in [1.82, 2.24) is 4.90 Å². The smallest absolute Gasteiger partial charge is 0.410 e. The molecule has 1 fully saturated rings. The van der Waals surface area contributed by atoms with Crippen molar-refractivity contribution < 1.29 is 9.53 Å². The van der Waals surface area contributed by atoms with Crippen LogP contribution in [0, 0.1) is 5.92 Å². The van der Waals surface area contributed by atoms with Crippen molar-refractivity contribution in [1.29, 1.82) is 0 Å². The Hall–Kier alpha value is -1.03. The van der Waals surface area contributed by atoms with Crippen molar-refractivity contribution in [3.8, 4) is 0 Å². The normalized spacial score (nSPS) is 25.9. The Bertz CT molecular complexity index is 489. The molecule has 2 unspecified atom stereocenters. The third-order valence-electron chi connectivity index (χ3n) is 4.03. The minimum Gasteiger partial charge on any atom is -0.444 e. The third kappa shape index (κ3) is 2.50. The number of likely N-dealkylation sites (tertiary alicyclic amines) is 1. The molecule has 19 heavy (non-hydrogen) atoms. The zero-order chi connectivity index (χ0) is 13.6. The van der Waals surface area contributed by atoms with E-state index in [9.17, 15) is 4.79 Å². The van der Waals surface area contributed by atoms with Gasteiger partial charge in [0, 0.05) is 23.9 Å². The van der Waals surface area contributed by atoms with Crippen LogP contribution in [0.2, 0.25) is 0 Å². The summed E-state index contributed by atoms with van der Waals surface area (Å²) < 4.78 is 5.48. The largest absolute Gasteiger partial charge is 0.444 e. The Morgan fingerprint density at radius 2 is 2.26 bits per heavy atom. The molecule has 1 aromatic rings. The number of ether oxygens (including phenoxy) is 1. The molecule has 0 radical (unpaired) electrons. The van der Waals surface area contributed by atoms with Crippen molar-refractivity contribution in [2.75, 3.05) is 13.1 Å². The monoisotopic (exact) mass is 279 g/mol. The van der Waals surface area contributed by atoms with E-state index in [-0.39, 0.29) is 6.09 Å². The number of rotatable bonds is 0. The first kappa shape index (κ1) is 13.0. The van der Waals surface area contributed by atoms with Gasteiger partial charge >= 0.3 is 6.09 Å². The van der Waals surface area contributed by atoms with Crippen LogP contribution in [0.15, 0.2) is 11.4 Å². The number of hydrogen-bond acceptors (Lipinski definition) is 3. The molecule has 1 saturated heterocycles. The summed E-state index contributed by atoms with van der Waals surface area (Å²) in [4.78, 5) is 15.6. The summed E-state index contributed by atoms with van der Waals surface area (Å²) in [6.45, 7) is 7.42. The van der Waals surface area contributed by atoms with Gasteiger partial charge < -0.3 is 9.64 Å². The topological polar surface area (TPSA) is 29.5 Å². The summed E-state index contributed by atoms with van der Waals surface area (Å²) in [5, 5.41) is 2.17. The number of hydrogen-bond donors (Lipinski definition) is 0. The van der Waals surface area contributed by atoms with Gasteiger partial charge in [0.2, 0.25) is 0 Å². The van der Waals surface area contributed by atoms with Gasteiger partial charge in [-0.25, -0.2) is 4.79 Å². The molecule has 4 heteroatoms. The molecule has 104 valence electrons. The summed E-state index contributed by atoms with van der Waals surface area (Å²) in [7, 11) is 0. The minimum atomic E-state index is -0.406. The summed E-state index contributed by atoms with van der Waals surface area (Å²) in [5.74, 6) is 1.27. The number of fused-ring (bicyclic) bond motifs is 3. The zero-order valence-corrected chi connectivity index (χ0v) is 12.6. The van der Waals surface area contributed by atoms with Gasteiger partial charge in [0.05, 0.1) is 0 Å². The van der Waals surface area contributed by atoms with Gasteiger partial charge in [-0.2, -0.15) is 0 Å². The highest BCUT2D eigenvalue weighted by Gasteiger charge is 2.39. The Morgan fingerprint density at radius 3 is 3.00 bits per heavy atom. The number of carbonyl (C=O) groups excluding carboxylic acids is 1. The molecule has 1 amide bonds. The highest BCUT2D eigenvalue weighted by molar-refractivity contribution is 7.10. The molecule has 0 N–H and O–H groups in total. The van der Waals surface area contributed by atoms with E-state index in [1.54, 1.807) is 0 Å². The van der Waals surface area contributed by atoms with Crippen LogP contribution >= 0.6 is 11.3 Å². The van der Waals surface area contributed by atoms with Gasteiger partial charge in [0.25, 0.3) is 0 Å². The SMILES string of the molecule is CC(C)(C)OC(=O)N1CCC2Cc3sccc3C2C1. The molecule has 0 spiro atoms. The molecular formula is C15H21NO2S. The molecule has 0 bridgehead atoms. The molecule has 2 aliphatic rings. The number of piperidine rings is 1. The van der Waals surface area contributed by atoms with E-state index in [2.05, 4.69) is 11.4 Å². The summed E-state index contributed by atoms with van der Waals surface area (Å²) in [6.07, 6.45) is 2.15. The first-order valence-corrected chi connectivity index (χ1v) is 7.86. The Labute approximate surface area is 118 Å². The first-order chi connectivity index (χ1) is 8.94. The lowest BCUT2D eigenvalue weighted by molar-refractivity contribution is 0.0165. The van der Waals surface area contributed by atoms with Crippen molar-refractivity contribution in [2.45, 2.75) is 45.1 Å². The van der Waals surface area contributed by atoms with Gasteiger partial charge in [-0.3, -0.25) is 0 Å². The quantitative estimate of drug-likeness (QED) is 0.725. The molecule has 2 atom stereocenters. The van der Waals surface area contributed by atoms with E-state index in [4.69, 9.17) is 4.74 Å². The molecule has 1 aromatic heterocycles. The summed E-state index contributed by atoms with van der Waals surface area (Å²) >= 11 is 1.86. The molecule has 3 rings (SSSR count). The van der Waals surface area contributed by atoms with Crippen molar-refractivity contribution in [2.24, 2.45) is 5.92 Å². The second-order valence-electron chi connectivity index (χ2n) is 6.58. The minimum absolute atomic E-state index is 0.158. The van der Waals surface area contributed by atoms with Crippen LogP contribution in [0.1, 0.15) is 43.6 Å². The van der Waals surface area contributed by atoms with Crippen LogP contribution in [-0.2, 0) is 11.2 Å². The first-order valence-electron chi connectivity index (χ1n) is 6.98. The Kier molecular flexibility index (Phi) is 3.08. The second kappa shape index (κ2) is 4.51. The molecule has 1 aliphatic heterocycles. The maximum Gasteiger partial charge on any atom is 0.410 e. The van der Waals surface area contributed by atoms with Gasteiger partial charge in [-0.1, -0.05) is 0 Å². The van der Waals surface area contributed by atoms with Crippen LogP contribution < -0.4 is 0 Å². The van der Waals surface area contributed by atoms with E-state index in [0.717, 1.165) is 25.4 Å². The van der Waals surface area contributed by atoms with Gasteiger partial charge in [-0.15, -0.1) is 11.3 Å². The Balaban J connectivity index is 1.70. The lowest BCUT2D eigenvalue weighted by Crippen LogP contribution is -2.44. The number of amides is 1. The summed E-state index contributed by atoms with van der Waals surface area (Å²) in [6, 6.07) is 2.24. The van der Waals surface area contributed by atoms with Gasteiger partial charge in [-0.05, 0) is 56.5 Å². The van der Waals surface area contributed by atoms with Crippen LogP contribution in [0.25, 0.3) is 0 Å². The fourth-order valence-electron chi connectivity index (χ4n) is 3.17. The third-order valence-corrected chi connectivity index (χ3v) is 4.99. The Morgan fingerprint density at radius 1 is 1.47 bits per heavy atom. The molecule has 3 nitrogen and oxygen atoms in total. The van der Waals surface area contributed by atoms with Gasteiger partial charge in [0.15, 0.2) is 0 Å². The van der Waals surface area contributed by atoms with Crippen molar-refractivity contribution in [3.05, 3.63) is 21.9 Å². The molecule has 1 aliphatic carbocycles. The second-order valence-corrected chi connectivity index (χ2v) is 7.59. The van der Waals surface area contributed by atoms with Crippen LogP contribution in [0.3, 0.4) is 0 Å². The average molecular weight is 279 g/mol. The lowest BCUT2D eigenvalue weighted by Gasteiger charge is -2.36. The standard InChI is InChI=1S/C15H21NO2S/c1-15(2,3)18-14(17)16-6-4-10-8-13-11(5-7-19-13)12(10)9-16/h5,7,10,12H,4,6,8-9H2,1-3H3. The van der Waals surface area contributed by atoms with E-state index in [0.29, 0.717) is 5.92 Å². The average Bonchev–Trinajstić information content (AvgIpc) is 2.85. The molecule has 0 aromatic carbocycles. The van der Waals surface area contributed by atoms with Crippen molar-refractivity contribution in [3.63, 3.8) is 0 Å². The zero-order valence-electron chi connectivity index (χ0n) is 11.8. The van der Waals surface area contributed by atoms with Gasteiger partial charge in [0.1, 0.15) is 5.60 Å². The highest BCUT2D eigenvalue weighted by Crippen LogP contribution is 2.45. The fraction of sp³-hybridized carbons (Fsp3) is 0.667.